The zero-order valence-corrected chi connectivity index (χ0v) is 14.0. The molecule has 0 amide bonds. The van der Waals surface area contributed by atoms with Crippen molar-refractivity contribution in [1.82, 2.24) is 0 Å². The molecule has 1 saturated carbocycles. The van der Waals surface area contributed by atoms with Gasteiger partial charge in [0.1, 0.15) is 5.75 Å². The normalized spacial score (nSPS) is 20.5. The zero-order chi connectivity index (χ0) is 16.8. The fourth-order valence-electron chi connectivity index (χ4n) is 3.15. The molecule has 1 aliphatic rings. The van der Waals surface area contributed by atoms with E-state index >= 15 is 0 Å². The van der Waals surface area contributed by atoms with E-state index in [1.54, 1.807) is 12.1 Å². The maximum absolute atomic E-state index is 9.70. The molecule has 0 aliphatic heterocycles. The van der Waals surface area contributed by atoms with Gasteiger partial charge in [0.15, 0.2) is 0 Å². The first-order chi connectivity index (χ1) is 11.1. The molecule has 2 aromatic rings. The second-order valence-corrected chi connectivity index (χ2v) is 5.87. The van der Waals surface area contributed by atoms with Crippen LogP contribution in [0.25, 0.3) is 11.1 Å². The molecule has 0 spiro atoms. The monoisotopic (exact) mass is 313 g/mol. The van der Waals surface area contributed by atoms with Gasteiger partial charge < -0.3 is 15.9 Å². The second kappa shape index (κ2) is 8.02. The highest BCUT2D eigenvalue weighted by Gasteiger charge is 2.20. The van der Waals surface area contributed by atoms with Crippen molar-refractivity contribution in [2.75, 3.05) is 5.73 Å². The predicted octanol–water partition coefficient (Wildman–Crippen LogP) is 4.69. The molecule has 0 bridgehead atoms. The first kappa shape index (κ1) is 17.4. The van der Waals surface area contributed by atoms with Gasteiger partial charge in [-0.2, -0.15) is 0 Å². The predicted molar refractivity (Wildman–Crippen MR) is 96.5 cm³/mol. The van der Waals surface area contributed by atoms with Crippen LogP contribution in [0.3, 0.4) is 0 Å². The van der Waals surface area contributed by atoms with Crippen molar-refractivity contribution in [3.63, 3.8) is 0 Å². The zero-order valence-electron chi connectivity index (χ0n) is 14.0. The Labute approximate surface area is 138 Å². The van der Waals surface area contributed by atoms with Crippen molar-refractivity contribution in [2.45, 2.75) is 51.6 Å². The highest BCUT2D eigenvalue weighted by atomic mass is 16.3. The molecule has 3 heteroatoms. The summed E-state index contributed by atoms with van der Waals surface area (Å²) >= 11 is 0. The van der Waals surface area contributed by atoms with Gasteiger partial charge in [0.25, 0.3) is 0 Å². The smallest absolute Gasteiger partial charge is 0.139 e. The number of aromatic hydroxyl groups is 1. The van der Waals surface area contributed by atoms with Gasteiger partial charge >= 0.3 is 0 Å². The van der Waals surface area contributed by atoms with Crippen molar-refractivity contribution >= 4 is 5.69 Å². The Kier molecular flexibility index (Phi) is 6.05. The van der Waals surface area contributed by atoms with Crippen LogP contribution in [0.5, 0.6) is 5.75 Å². The van der Waals surface area contributed by atoms with Crippen LogP contribution < -0.4 is 5.73 Å². The Morgan fingerprint density at radius 3 is 2.13 bits per heavy atom. The van der Waals surface area contributed by atoms with Crippen molar-refractivity contribution in [3.8, 4) is 16.9 Å². The van der Waals surface area contributed by atoms with Crippen molar-refractivity contribution in [3.05, 3.63) is 48.0 Å². The van der Waals surface area contributed by atoms with Crippen molar-refractivity contribution in [2.24, 2.45) is 0 Å². The fourth-order valence-corrected chi connectivity index (χ4v) is 3.15. The van der Waals surface area contributed by atoms with E-state index in [4.69, 9.17) is 5.73 Å². The number of phenolic OH excluding ortho intramolecular Hbond substituents is 1. The Morgan fingerprint density at radius 1 is 0.913 bits per heavy atom. The number of aliphatic hydroxyl groups excluding tert-OH is 1. The average molecular weight is 313 g/mol. The van der Waals surface area contributed by atoms with Crippen LogP contribution >= 0.6 is 0 Å². The van der Waals surface area contributed by atoms with Crippen LogP contribution in [0.4, 0.5) is 5.69 Å². The molecule has 0 heterocycles. The Bertz CT molecular complexity index is 614. The molecule has 124 valence electrons. The lowest BCUT2D eigenvalue weighted by Gasteiger charge is -2.25. The first-order valence-corrected chi connectivity index (χ1v) is 8.51. The van der Waals surface area contributed by atoms with E-state index in [2.05, 4.69) is 24.3 Å². The first-order valence-electron chi connectivity index (χ1n) is 8.51. The minimum absolute atomic E-state index is 0.118. The molecule has 3 nitrogen and oxygen atoms in total. The summed E-state index contributed by atoms with van der Waals surface area (Å²) in [4.78, 5) is 0. The van der Waals surface area contributed by atoms with Crippen LogP contribution in [-0.2, 0) is 0 Å². The number of nitrogen functional groups attached to an aromatic ring is 1. The van der Waals surface area contributed by atoms with Crippen molar-refractivity contribution < 1.29 is 10.2 Å². The highest BCUT2D eigenvalue weighted by molar-refractivity contribution is 5.80. The Balaban J connectivity index is 0.000000924. The maximum atomic E-state index is 9.70. The maximum Gasteiger partial charge on any atom is 0.139 e. The third-order valence-corrected chi connectivity index (χ3v) is 4.47. The van der Waals surface area contributed by atoms with Gasteiger partial charge in [-0.15, -0.1) is 0 Å². The average Bonchev–Trinajstić information content (AvgIpc) is 2.60. The van der Waals surface area contributed by atoms with Gasteiger partial charge in [0.2, 0.25) is 0 Å². The number of hydrogen-bond donors (Lipinski definition) is 3. The summed E-state index contributed by atoms with van der Waals surface area (Å²) in [7, 11) is 0. The van der Waals surface area contributed by atoms with Crippen LogP contribution in [0, 0.1) is 0 Å². The van der Waals surface area contributed by atoms with E-state index in [9.17, 15) is 10.2 Å². The van der Waals surface area contributed by atoms with Gasteiger partial charge in [-0.1, -0.05) is 50.2 Å². The summed E-state index contributed by atoms with van der Waals surface area (Å²) in [6.07, 6.45) is 3.77. The van der Waals surface area contributed by atoms with E-state index in [-0.39, 0.29) is 11.9 Å². The Hall–Kier alpha value is -2.00. The summed E-state index contributed by atoms with van der Waals surface area (Å²) in [6, 6.07) is 13.7. The molecule has 0 radical (unpaired) electrons. The lowest BCUT2D eigenvalue weighted by molar-refractivity contribution is 0.122. The summed E-state index contributed by atoms with van der Waals surface area (Å²) < 4.78 is 0. The summed E-state index contributed by atoms with van der Waals surface area (Å²) in [6.45, 7) is 4.00. The molecule has 23 heavy (non-hydrogen) atoms. The molecule has 1 fully saturated rings. The standard InChI is InChI=1S/C18H21NO2.C2H6/c19-18-16(2-1-3-17(18)21)14-6-4-12(5-7-14)13-8-10-15(20)11-9-13;1-2/h1-7,13,15,20-21H,8-11,19H2;1-2H3. The van der Waals surface area contributed by atoms with Gasteiger partial charge in [0, 0.05) is 5.56 Å². The number of rotatable bonds is 2. The highest BCUT2D eigenvalue weighted by Crippen LogP contribution is 2.36. The van der Waals surface area contributed by atoms with Crippen LogP contribution in [-0.4, -0.2) is 16.3 Å². The van der Waals surface area contributed by atoms with E-state index < -0.39 is 0 Å². The van der Waals surface area contributed by atoms with Crippen molar-refractivity contribution in [1.29, 1.82) is 0 Å². The molecule has 2 aromatic carbocycles. The minimum Gasteiger partial charge on any atom is -0.506 e. The SMILES string of the molecule is CC.Nc1c(O)cccc1-c1ccc(C2CCC(O)CC2)cc1. The Morgan fingerprint density at radius 2 is 1.52 bits per heavy atom. The number of benzene rings is 2. The third kappa shape index (κ3) is 4.05. The molecule has 1 aliphatic carbocycles. The van der Waals surface area contributed by atoms with Gasteiger partial charge in [-0.05, 0) is 48.8 Å². The second-order valence-electron chi connectivity index (χ2n) is 5.87. The minimum atomic E-state index is -0.118. The molecule has 0 unspecified atom stereocenters. The summed E-state index contributed by atoms with van der Waals surface area (Å²) in [5.41, 5.74) is 9.56. The molecule has 0 aromatic heterocycles. The molecular weight excluding hydrogens is 286 g/mol. The van der Waals surface area contributed by atoms with Crippen LogP contribution in [0.2, 0.25) is 0 Å². The fraction of sp³-hybridized carbons (Fsp3) is 0.400. The molecule has 0 atom stereocenters. The lowest BCUT2D eigenvalue weighted by Crippen LogP contribution is -2.16. The molecular formula is C20H27NO2. The number of anilines is 1. The molecule has 4 N–H and O–H groups in total. The van der Waals surface area contributed by atoms with E-state index in [1.165, 1.54) is 5.56 Å². The van der Waals surface area contributed by atoms with Gasteiger partial charge in [-0.25, -0.2) is 0 Å². The van der Waals surface area contributed by atoms with E-state index in [0.717, 1.165) is 36.8 Å². The van der Waals surface area contributed by atoms with E-state index in [1.807, 2.05) is 19.9 Å². The summed E-state index contributed by atoms with van der Waals surface area (Å²) in [5.74, 6) is 0.668. The quantitative estimate of drug-likeness (QED) is 0.557. The number of nitrogens with two attached hydrogens (primary N) is 1. The summed E-state index contributed by atoms with van der Waals surface area (Å²) in [5, 5.41) is 19.3. The van der Waals surface area contributed by atoms with E-state index in [0.29, 0.717) is 11.6 Å². The number of phenols is 1. The number of hydrogen-bond acceptors (Lipinski definition) is 3. The van der Waals surface area contributed by atoms with Crippen LogP contribution in [0.1, 0.15) is 51.0 Å². The number of aliphatic hydroxyl groups is 1. The number of para-hydroxylation sites is 1. The van der Waals surface area contributed by atoms with Gasteiger partial charge in [0.05, 0.1) is 11.8 Å². The lowest BCUT2D eigenvalue weighted by atomic mass is 9.82. The van der Waals surface area contributed by atoms with Gasteiger partial charge in [-0.3, -0.25) is 0 Å². The molecule has 0 saturated heterocycles. The largest absolute Gasteiger partial charge is 0.506 e. The topological polar surface area (TPSA) is 66.5 Å². The molecule has 3 rings (SSSR count). The third-order valence-electron chi connectivity index (χ3n) is 4.47. The van der Waals surface area contributed by atoms with Crippen LogP contribution in [0.15, 0.2) is 42.5 Å².